The Kier molecular flexibility index (Phi) is 7.25. The van der Waals surface area contributed by atoms with Gasteiger partial charge in [0.05, 0.1) is 33.2 Å². The van der Waals surface area contributed by atoms with Crippen LogP contribution in [0.15, 0.2) is 30.3 Å². The Morgan fingerprint density at radius 2 is 1.88 bits per heavy atom. The van der Waals surface area contributed by atoms with Crippen LogP contribution in [-0.2, 0) is 11.2 Å². The lowest BCUT2D eigenvalue weighted by Gasteiger charge is -2.33. The number of likely N-dealkylation sites (tertiary alicyclic amines) is 1. The van der Waals surface area contributed by atoms with Crippen molar-refractivity contribution in [3.05, 3.63) is 35.9 Å². The van der Waals surface area contributed by atoms with Crippen LogP contribution >= 0.6 is 0 Å². The standard InChI is InChI=1S/C20H33N3O/c1-16(10-11-18-8-6-5-7-9-18)21-20(24)17(2)23(4)19-12-14-22(3)15-13-19/h5-9,16-17,19H,10-15H2,1-4H3,(H,21,24)/p+2/t16-,17-/m1/s1. The van der Waals surface area contributed by atoms with Crippen LogP contribution in [0, 0.1) is 0 Å². The summed E-state index contributed by atoms with van der Waals surface area (Å²) >= 11 is 0. The fraction of sp³-hybridized carbons (Fsp3) is 0.650. The molecular weight excluding hydrogens is 298 g/mol. The lowest BCUT2D eigenvalue weighted by molar-refractivity contribution is -0.948. The molecule has 1 aromatic rings. The monoisotopic (exact) mass is 333 g/mol. The summed E-state index contributed by atoms with van der Waals surface area (Å²) in [5.74, 6) is 0.194. The number of hydrogen-bond acceptors (Lipinski definition) is 1. The topological polar surface area (TPSA) is 38.0 Å². The van der Waals surface area contributed by atoms with Crippen molar-refractivity contribution in [3.8, 4) is 0 Å². The molecular formula is C20H35N3O+2. The molecule has 1 unspecified atom stereocenters. The number of hydrogen-bond donors (Lipinski definition) is 3. The second kappa shape index (κ2) is 9.19. The van der Waals surface area contributed by atoms with E-state index >= 15 is 0 Å². The average Bonchev–Trinajstić information content (AvgIpc) is 2.60. The van der Waals surface area contributed by atoms with Crippen molar-refractivity contribution in [2.75, 3.05) is 27.2 Å². The molecule has 0 saturated carbocycles. The molecule has 1 saturated heterocycles. The van der Waals surface area contributed by atoms with Gasteiger partial charge in [0.1, 0.15) is 0 Å². The summed E-state index contributed by atoms with van der Waals surface area (Å²) in [6, 6.07) is 11.3. The van der Waals surface area contributed by atoms with E-state index in [1.165, 1.54) is 36.4 Å². The molecule has 1 heterocycles. The zero-order chi connectivity index (χ0) is 17.5. The zero-order valence-electron chi connectivity index (χ0n) is 15.8. The smallest absolute Gasteiger partial charge is 0.278 e. The van der Waals surface area contributed by atoms with Crippen LogP contribution in [-0.4, -0.2) is 51.2 Å². The minimum absolute atomic E-state index is 0.0209. The quantitative estimate of drug-likeness (QED) is 0.630. The van der Waals surface area contributed by atoms with Gasteiger partial charge in [-0.15, -0.1) is 0 Å². The van der Waals surface area contributed by atoms with Gasteiger partial charge in [0, 0.05) is 18.9 Å². The molecule has 1 amide bonds. The van der Waals surface area contributed by atoms with Crippen LogP contribution in [0.1, 0.15) is 38.7 Å². The molecule has 1 aromatic carbocycles. The molecule has 1 aliphatic rings. The van der Waals surface area contributed by atoms with E-state index < -0.39 is 0 Å². The van der Waals surface area contributed by atoms with Gasteiger partial charge in [-0.05, 0) is 32.3 Å². The number of nitrogens with one attached hydrogen (secondary N) is 3. The summed E-state index contributed by atoms with van der Waals surface area (Å²) in [6.45, 7) is 6.63. The average molecular weight is 334 g/mol. The van der Waals surface area contributed by atoms with Gasteiger partial charge in [-0.1, -0.05) is 30.3 Å². The van der Waals surface area contributed by atoms with E-state index in [2.05, 4.69) is 57.5 Å². The number of likely N-dealkylation sites (N-methyl/N-ethyl adjacent to an activating group) is 1. The molecule has 0 spiro atoms. The second-order valence-electron chi connectivity index (χ2n) is 7.63. The Hall–Kier alpha value is -1.39. The van der Waals surface area contributed by atoms with Crippen molar-refractivity contribution < 1.29 is 14.6 Å². The second-order valence-corrected chi connectivity index (χ2v) is 7.63. The van der Waals surface area contributed by atoms with Gasteiger partial charge < -0.3 is 15.1 Å². The Morgan fingerprint density at radius 1 is 1.25 bits per heavy atom. The van der Waals surface area contributed by atoms with Gasteiger partial charge in [-0.3, -0.25) is 4.79 Å². The van der Waals surface area contributed by atoms with Gasteiger partial charge in [0.15, 0.2) is 6.04 Å². The highest BCUT2D eigenvalue weighted by molar-refractivity contribution is 5.80. The summed E-state index contributed by atoms with van der Waals surface area (Å²) in [7, 11) is 4.44. The van der Waals surface area contributed by atoms with E-state index in [0.717, 1.165) is 12.8 Å². The highest BCUT2D eigenvalue weighted by atomic mass is 16.2. The van der Waals surface area contributed by atoms with Crippen molar-refractivity contribution in [1.82, 2.24) is 5.32 Å². The van der Waals surface area contributed by atoms with Gasteiger partial charge in [-0.25, -0.2) is 0 Å². The molecule has 0 aromatic heterocycles. The molecule has 4 heteroatoms. The van der Waals surface area contributed by atoms with E-state index in [0.29, 0.717) is 6.04 Å². The number of carbonyl (C=O) groups is 1. The van der Waals surface area contributed by atoms with Crippen molar-refractivity contribution >= 4 is 5.91 Å². The first-order valence-electron chi connectivity index (χ1n) is 9.46. The highest BCUT2D eigenvalue weighted by Crippen LogP contribution is 2.05. The first-order valence-corrected chi connectivity index (χ1v) is 9.46. The van der Waals surface area contributed by atoms with Gasteiger partial charge in [0.25, 0.3) is 5.91 Å². The molecule has 0 aliphatic carbocycles. The molecule has 134 valence electrons. The van der Waals surface area contributed by atoms with Crippen LogP contribution < -0.4 is 15.1 Å². The van der Waals surface area contributed by atoms with E-state index in [1.54, 1.807) is 4.90 Å². The Bertz CT molecular complexity index is 497. The SMILES string of the molecule is C[C@H](CCc1ccccc1)NC(=O)[C@@H](C)[NH+](C)C1CC[NH+](C)CC1. The number of amides is 1. The van der Waals surface area contributed by atoms with Crippen LogP contribution in [0.5, 0.6) is 0 Å². The summed E-state index contributed by atoms with van der Waals surface area (Å²) in [6.07, 6.45) is 4.44. The summed E-state index contributed by atoms with van der Waals surface area (Å²) < 4.78 is 0. The molecule has 3 N–H and O–H groups in total. The minimum Gasteiger partial charge on any atom is -0.348 e. The number of rotatable bonds is 7. The van der Waals surface area contributed by atoms with E-state index in [4.69, 9.17) is 0 Å². The van der Waals surface area contributed by atoms with Crippen molar-refractivity contribution in [2.24, 2.45) is 0 Å². The number of benzene rings is 1. The normalized spacial score (nSPS) is 24.8. The zero-order valence-corrected chi connectivity index (χ0v) is 15.8. The van der Waals surface area contributed by atoms with Gasteiger partial charge in [0.2, 0.25) is 0 Å². The number of carbonyl (C=O) groups excluding carboxylic acids is 1. The number of aryl methyl sites for hydroxylation is 1. The van der Waals surface area contributed by atoms with Crippen LogP contribution in [0.4, 0.5) is 0 Å². The Labute approximate surface area is 147 Å². The summed E-state index contributed by atoms with van der Waals surface area (Å²) in [5, 5.41) is 3.21. The predicted octanol–water partition coefficient (Wildman–Crippen LogP) is -0.296. The maximum Gasteiger partial charge on any atom is 0.278 e. The molecule has 4 nitrogen and oxygen atoms in total. The predicted molar refractivity (Wildman–Crippen MR) is 98.4 cm³/mol. The third-order valence-corrected chi connectivity index (χ3v) is 5.66. The fourth-order valence-corrected chi connectivity index (χ4v) is 3.59. The largest absolute Gasteiger partial charge is 0.348 e. The Morgan fingerprint density at radius 3 is 2.50 bits per heavy atom. The van der Waals surface area contributed by atoms with E-state index in [9.17, 15) is 4.79 Å². The highest BCUT2D eigenvalue weighted by Gasteiger charge is 2.32. The first kappa shape index (κ1) is 18.9. The molecule has 0 bridgehead atoms. The van der Waals surface area contributed by atoms with Crippen molar-refractivity contribution in [1.29, 1.82) is 0 Å². The maximum atomic E-state index is 12.6. The summed E-state index contributed by atoms with van der Waals surface area (Å²) in [5.41, 5.74) is 1.34. The third-order valence-electron chi connectivity index (χ3n) is 5.66. The molecule has 24 heavy (non-hydrogen) atoms. The molecule has 2 rings (SSSR count). The minimum atomic E-state index is 0.0209. The van der Waals surface area contributed by atoms with Gasteiger partial charge in [-0.2, -0.15) is 0 Å². The summed E-state index contributed by atoms with van der Waals surface area (Å²) in [4.78, 5) is 15.6. The molecule has 3 atom stereocenters. The van der Waals surface area contributed by atoms with Crippen molar-refractivity contribution in [3.63, 3.8) is 0 Å². The lowest BCUT2D eigenvalue weighted by atomic mass is 10.0. The number of quaternary nitrogens is 2. The van der Waals surface area contributed by atoms with E-state index in [1.807, 2.05) is 6.07 Å². The maximum absolute atomic E-state index is 12.6. The first-order chi connectivity index (χ1) is 11.5. The molecule has 1 fully saturated rings. The fourth-order valence-electron chi connectivity index (χ4n) is 3.59. The third kappa shape index (κ3) is 5.60. The van der Waals surface area contributed by atoms with Crippen LogP contribution in [0.3, 0.4) is 0 Å². The molecule has 0 radical (unpaired) electrons. The molecule has 1 aliphatic heterocycles. The lowest BCUT2D eigenvalue weighted by Crippen LogP contribution is -3.21. The number of piperidine rings is 1. The van der Waals surface area contributed by atoms with E-state index in [-0.39, 0.29) is 18.0 Å². The Balaban J connectivity index is 1.75. The van der Waals surface area contributed by atoms with Gasteiger partial charge >= 0.3 is 0 Å². The van der Waals surface area contributed by atoms with Crippen LogP contribution in [0.2, 0.25) is 0 Å². The van der Waals surface area contributed by atoms with Crippen LogP contribution in [0.25, 0.3) is 0 Å². The van der Waals surface area contributed by atoms with Crippen molar-refractivity contribution in [2.45, 2.75) is 57.7 Å².